The highest BCUT2D eigenvalue weighted by Gasteiger charge is 2.45. The number of nitrogens with two attached hydrogens (primary N) is 1. The molecule has 0 aromatic carbocycles. The van der Waals surface area contributed by atoms with Crippen LogP contribution in [0.1, 0.15) is 52.4 Å². The molecule has 0 radical (unpaired) electrons. The van der Waals surface area contributed by atoms with Gasteiger partial charge in [-0.3, -0.25) is 9.69 Å². The monoisotopic (exact) mass is 364 g/mol. The van der Waals surface area contributed by atoms with Crippen molar-refractivity contribution in [2.45, 2.75) is 64.6 Å². The van der Waals surface area contributed by atoms with E-state index in [1.165, 1.54) is 64.8 Å². The van der Waals surface area contributed by atoms with Gasteiger partial charge in [0.1, 0.15) is 12.3 Å². The molecule has 3 heterocycles. The third-order valence-electron chi connectivity index (χ3n) is 7.86. The first kappa shape index (κ1) is 18.7. The van der Waals surface area contributed by atoms with Gasteiger partial charge < -0.3 is 15.0 Å². The van der Waals surface area contributed by atoms with E-state index in [1.807, 2.05) is 0 Å². The van der Waals surface area contributed by atoms with Crippen molar-refractivity contribution in [2.75, 3.05) is 39.3 Å². The van der Waals surface area contributed by atoms with E-state index in [-0.39, 0.29) is 12.1 Å². The summed E-state index contributed by atoms with van der Waals surface area (Å²) in [6, 6.07) is 0. The van der Waals surface area contributed by atoms with Crippen LogP contribution in [0.3, 0.4) is 0 Å². The van der Waals surface area contributed by atoms with E-state index in [4.69, 9.17) is 4.74 Å². The Morgan fingerprint density at radius 2 is 1.88 bits per heavy atom. The Morgan fingerprint density at radius 3 is 2.62 bits per heavy atom. The van der Waals surface area contributed by atoms with Gasteiger partial charge in [-0.25, -0.2) is 0 Å². The molecule has 26 heavy (non-hydrogen) atoms. The lowest BCUT2D eigenvalue weighted by atomic mass is 9.67. The second-order valence-corrected chi connectivity index (χ2v) is 9.42. The zero-order valence-corrected chi connectivity index (χ0v) is 16.7. The number of hydrogen-bond acceptors (Lipinski definition) is 4. The van der Waals surface area contributed by atoms with E-state index in [1.54, 1.807) is 0 Å². The normalized spacial score (nSPS) is 42.9. The van der Waals surface area contributed by atoms with E-state index in [0.717, 1.165) is 12.7 Å². The van der Waals surface area contributed by atoms with Crippen LogP contribution < -0.4 is 5.32 Å². The second-order valence-electron chi connectivity index (χ2n) is 9.42. The van der Waals surface area contributed by atoms with Crippen LogP contribution in [-0.4, -0.2) is 67.3 Å². The second kappa shape index (κ2) is 8.15. The van der Waals surface area contributed by atoms with Crippen molar-refractivity contribution in [1.82, 2.24) is 9.80 Å². The molecule has 3 saturated heterocycles. The van der Waals surface area contributed by atoms with E-state index in [0.29, 0.717) is 30.1 Å². The largest absolute Gasteiger partial charge is 0.462 e. The number of esters is 1. The first-order valence-corrected chi connectivity index (χ1v) is 11.1. The summed E-state index contributed by atoms with van der Waals surface area (Å²) >= 11 is 0. The SMILES string of the molecule is CC1CCC2C(CN3CCN(C4CCCC[NH2+]4)CC3)CC(=O)OC2C1C. The smallest absolute Gasteiger partial charge is 0.306 e. The Bertz CT molecular complexity index is 486. The van der Waals surface area contributed by atoms with Gasteiger partial charge in [-0.15, -0.1) is 0 Å². The lowest BCUT2D eigenvalue weighted by Crippen LogP contribution is -2.95. The van der Waals surface area contributed by atoms with Crippen LogP contribution in [0.25, 0.3) is 0 Å². The minimum Gasteiger partial charge on any atom is -0.462 e. The fourth-order valence-corrected chi connectivity index (χ4v) is 5.93. The Labute approximate surface area is 158 Å². The average Bonchev–Trinajstić information content (AvgIpc) is 2.66. The Balaban J connectivity index is 1.31. The predicted molar refractivity (Wildman–Crippen MR) is 101 cm³/mol. The molecule has 6 unspecified atom stereocenters. The Hall–Kier alpha value is -0.650. The standard InChI is InChI=1S/C21H37N3O2/c1-15-6-7-18-17(13-20(25)26-21(18)16(15)2)14-23-9-11-24(12-10-23)19-5-3-4-8-22-19/h15-19,21-22H,3-14H2,1-2H3/p+1. The summed E-state index contributed by atoms with van der Waals surface area (Å²) in [5.74, 6) is 2.33. The maximum atomic E-state index is 12.2. The Morgan fingerprint density at radius 1 is 1.08 bits per heavy atom. The van der Waals surface area contributed by atoms with Crippen LogP contribution in [0, 0.1) is 23.7 Å². The highest BCUT2D eigenvalue weighted by atomic mass is 16.5. The molecule has 0 aromatic heterocycles. The third-order valence-corrected chi connectivity index (χ3v) is 7.86. The molecular formula is C21H38N3O2+. The first-order chi connectivity index (χ1) is 12.6. The lowest BCUT2D eigenvalue weighted by molar-refractivity contribution is -0.717. The minimum atomic E-state index is 0.0487. The summed E-state index contributed by atoms with van der Waals surface area (Å²) in [5.41, 5.74) is 0. The summed E-state index contributed by atoms with van der Waals surface area (Å²) in [5, 5.41) is 2.55. The van der Waals surface area contributed by atoms with Crippen molar-refractivity contribution in [1.29, 1.82) is 0 Å². The molecule has 5 nitrogen and oxygen atoms in total. The Kier molecular flexibility index (Phi) is 5.87. The van der Waals surface area contributed by atoms with E-state index in [2.05, 4.69) is 29.0 Å². The third kappa shape index (κ3) is 3.95. The van der Waals surface area contributed by atoms with Gasteiger partial charge in [-0.1, -0.05) is 13.8 Å². The number of carbonyl (C=O) groups excluding carboxylic acids is 1. The average molecular weight is 365 g/mol. The molecule has 5 heteroatoms. The fraction of sp³-hybridized carbons (Fsp3) is 0.952. The van der Waals surface area contributed by atoms with Crippen molar-refractivity contribution in [3.63, 3.8) is 0 Å². The van der Waals surface area contributed by atoms with Gasteiger partial charge in [0.2, 0.25) is 0 Å². The van der Waals surface area contributed by atoms with E-state index < -0.39 is 0 Å². The molecule has 3 aliphatic heterocycles. The van der Waals surface area contributed by atoms with Gasteiger partial charge in [-0.05, 0) is 43.4 Å². The highest BCUT2D eigenvalue weighted by Crippen LogP contribution is 2.43. The van der Waals surface area contributed by atoms with Gasteiger partial charge in [0.25, 0.3) is 0 Å². The summed E-state index contributed by atoms with van der Waals surface area (Å²) in [6.45, 7) is 11.7. The number of quaternary nitrogens is 1. The number of nitrogens with zero attached hydrogens (tertiary/aromatic N) is 2. The van der Waals surface area contributed by atoms with E-state index in [9.17, 15) is 4.79 Å². The summed E-state index contributed by atoms with van der Waals surface area (Å²) in [7, 11) is 0. The molecule has 4 rings (SSSR count). The molecule has 6 atom stereocenters. The predicted octanol–water partition coefficient (Wildman–Crippen LogP) is 1.29. The zero-order valence-electron chi connectivity index (χ0n) is 16.7. The molecule has 2 N–H and O–H groups in total. The van der Waals surface area contributed by atoms with Crippen LogP contribution >= 0.6 is 0 Å². The van der Waals surface area contributed by atoms with Crippen LogP contribution in [0.15, 0.2) is 0 Å². The van der Waals surface area contributed by atoms with Crippen LogP contribution in [0.2, 0.25) is 0 Å². The maximum Gasteiger partial charge on any atom is 0.306 e. The van der Waals surface area contributed by atoms with Crippen molar-refractivity contribution in [3.8, 4) is 0 Å². The zero-order chi connectivity index (χ0) is 18.1. The van der Waals surface area contributed by atoms with Crippen LogP contribution in [0.4, 0.5) is 0 Å². The van der Waals surface area contributed by atoms with Gasteiger partial charge >= 0.3 is 5.97 Å². The van der Waals surface area contributed by atoms with Crippen molar-refractivity contribution >= 4 is 5.97 Å². The van der Waals surface area contributed by atoms with Gasteiger partial charge in [0.05, 0.1) is 6.54 Å². The number of ether oxygens (including phenoxy) is 1. The molecule has 1 aliphatic carbocycles. The van der Waals surface area contributed by atoms with Gasteiger partial charge in [0, 0.05) is 51.5 Å². The number of fused-ring (bicyclic) bond motifs is 1. The molecular weight excluding hydrogens is 326 g/mol. The summed E-state index contributed by atoms with van der Waals surface area (Å²) < 4.78 is 5.82. The fourth-order valence-electron chi connectivity index (χ4n) is 5.93. The van der Waals surface area contributed by atoms with Crippen molar-refractivity contribution < 1.29 is 14.8 Å². The van der Waals surface area contributed by atoms with Crippen LogP contribution in [-0.2, 0) is 9.53 Å². The van der Waals surface area contributed by atoms with E-state index >= 15 is 0 Å². The van der Waals surface area contributed by atoms with Crippen LogP contribution in [0.5, 0.6) is 0 Å². The number of piperazine rings is 1. The molecule has 0 spiro atoms. The lowest BCUT2D eigenvalue weighted by Gasteiger charge is -2.47. The molecule has 1 saturated carbocycles. The van der Waals surface area contributed by atoms with Crippen molar-refractivity contribution in [2.24, 2.45) is 23.7 Å². The number of piperidine rings is 1. The number of hydrogen-bond donors (Lipinski definition) is 1. The molecule has 4 aliphatic rings. The molecule has 0 bridgehead atoms. The van der Waals surface area contributed by atoms with Crippen molar-refractivity contribution in [3.05, 3.63) is 0 Å². The number of carbonyl (C=O) groups is 1. The topological polar surface area (TPSA) is 49.4 Å². The van der Waals surface area contributed by atoms with Gasteiger partial charge in [0.15, 0.2) is 0 Å². The maximum absolute atomic E-state index is 12.2. The summed E-state index contributed by atoms with van der Waals surface area (Å²) in [6.07, 6.45) is 8.20. The number of rotatable bonds is 3. The highest BCUT2D eigenvalue weighted by molar-refractivity contribution is 5.71. The quantitative estimate of drug-likeness (QED) is 0.767. The molecule has 148 valence electrons. The minimum absolute atomic E-state index is 0.0487. The summed E-state index contributed by atoms with van der Waals surface area (Å²) in [4.78, 5) is 17.5. The molecule has 0 amide bonds. The molecule has 4 fully saturated rings. The first-order valence-electron chi connectivity index (χ1n) is 11.1. The van der Waals surface area contributed by atoms with Gasteiger partial charge in [-0.2, -0.15) is 0 Å². The molecule has 0 aromatic rings.